The van der Waals surface area contributed by atoms with E-state index in [1.807, 2.05) is 0 Å². The molecule has 1 aliphatic carbocycles. The van der Waals surface area contributed by atoms with Gasteiger partial charge in [0.1, 0.15) is 0 Å². The number of nitrogens with one attached hydrogen (secondary N) is 1. The first-order valence-corrected chi connectivity index (χ1v) is 8.39. The maximum atomic E-state index is 3.79. The van der Waals surface area contributed by atoms with Crippen molar-refractivity contribution >= 4 is 11.8 Å². The third-order valence-corrected chi connectivity index (χ3v) is 4.96. The van der Waals surface area contributed by atoms with Crippen LogP contribution in [0.5, 0.6) is 0 Å². The lowest BCUT2D eigenvalue weighted by atomic mass is 9.84. The van der Waals surface area contributed by atoms with Crippen LogP contribution in [0.2, 0.25) is 0 Å². The van der Waals surface area contributed by atoms with Gasteiger partial charge in [0.05, 0.1) is 0 Å². The molecule has 0 radical (unpaired) electrons. The van der Waals surface area contributed by atoms with Crippen molar-refractivity contribution in [3.05, 3.63) is 0 Å². The molecule has 102 valence electrons. The summed E-state index contributed by atoms with van der Waals surface area (Å²) in [5.74, 6) is 2.22. The van der Waals surface area contributed by atoms with E-state index < -0.39 is 0 Å². The van der Waals surface area contributed by atoms with E-state index in [1.54, 1.807) is 0 Å². The Labute approximate surface area is 113 Å². The third kappa shape index (κ3) is 6.71. The first kappa shape index (κ1) is 15.4. The zero-order valence-electron chi connectivity index (χ0n) is 12.2. The summed E-state index contributed by atoms with van der Waals surface area (Å²) >= 11 is 2.12. The van der Waals surface area contributed by atoms with Gasteiger partial charge in [0.2, 0.25) is 0 Å². The fourth-order valence-electron chi connectivity index (χ4n) is 2.57. The number of hydrogen-bond acceptors (Lipinski definition) is 2. The molecule has 0 aromatic rings. The van der Waals surface area contributed by atoms with Gasteiger partial charge < -0.3 is 5.32 Å². The highest BCUT2D eigenvalue weighted by Crippen LogP contribution is 2.31. The summed E-state index contributed by atoms with van der Waals surface area (Å²) in [5.41, 5.74) is 0. The second-order valence-corrected chi connectivity index (χ2v) is 8.23. The van der Waals surface area contributed by atoms with Crippen LogP contribution in [0.1, 0.15) is 66.2 Å². The molecule has 0 saturated heterocycles. The van der Waals surface area contributed by atoms with Crippen molar-refractivity contribution in [2.75, 3.05) is 12.3 Å². The molecule has 0 spiro atoms. The molecule has 1 aliphatic rings. The van der Waals surface area contributed by atoms with Gasteiger partial charge in [-0.2, -0.15) is 11.8 Å². The van der Waals surface area contributed by atoms with Gasteiger partial charge in [0.15, 0.2) is 0 Å². The second kappa shape index (κ2) is 7.68. The van der Waals surface area contributed by atoms with Gasteiger partial charge in [0, 0.05) is 16.5 Å². The van der Waals surface area contributed by atoms with Gasteiger partial charge in [0.25, 0.3) is 0 Å². The summed E-state index contributed by atoms with van der Waals surface area (Å²) in [6.07, 6.45) is 8.52. The maximum absolute atomic E-state index is 3.79. The molecule has 1 rings (SSSR count). The van der Waals surface area contributed by atoms with Crippen LogP contribution in [0.4, 0.5) is 0 Å². The lowest BCUT2D eigenvalue weighted by Crippen LogP contribution is -2.40. The molecule has 0 heterocycles. The van der Waals surface area contributed by atoms with Crippen LogP contribution in [0.15, 0.2) is 0 Å². The van der Waals surface area contributed by atoms with E-state index >= 15 is 0 Å². The smallest absolute Gasteiger partial charge is 0.0186 e. The topological polar surface area (TPSA) is 12.0 Å². The predicted molar refractivity (Wildman–Crippen MR) is 80.9 cm³/mol. The van der Waals surface area contributed by atoms with E-state index in [0.717, 1.165) is 12.0 Å². The summed E-state index contributed by atoms with van der Waals surface area (Å²) < 4.78 is 0.404. The molecule has 0 amide bonds. The van der Waals surface area contributed by atoms with Crippen molar-refractivity contribution in [1.29, 1.82) is 0 Å². The van der Waals surface area contributed by atoms with Gasteiger partial charge in [-0.05, 0) is 31.7 Å². The van der Waals surface area contributed by atoms with Crippen molar-refractivity contribution < 1.29 is 0 Å². The average molecular weight is 257 g/mol. The molecular weight excluding hydrogens is 226 g/mol. The van der Waals surface area contributed by atoms with Crippen molar-refractivity contribution in [2.45, 2.75) is 77.0 Å². The first-order chi connectivity index (χ1) is 8.03. The summed E-state index contributed by atoms with van der Waals surface area (Å²) in [4.78, 5) is 0. The standard InChI is InChI=1S/C15H31NS/c1-5-11-16-14(12-17-15(2,3)4)13-9-7-6-8-10-13/h13-14,16H,5-12H2,1-4H3. The molecule has 0 aromatic carbocycles. The van der Waals surface area contributed by atoms with Crippen LogP contribution in [0.3, 0.4) is 0 Å². The Bertz CT molecular complexity index is 192. The zero-order chi connectivity index (χ0) is 12.7. The van der Waals surface area contributed by atoms with Crippen LogP contribution < -0.4 is 5.32 Å². The summed E-state index contributed by atoms with van der Waals surface area (Å²) in [5, 5.41) is 3.79. The highest BCUT2D eigenvalue weighted by atomic mass is 32.2. The molecule has 1 N–H and O–H groups in total. The van der Waals surface area contributed by atoms with Gasteiger partial charge >= 0.3 is 0 Å². The van der Waals surface area contributed by atoms with Crippen molar-refractivity contribution in [1.82, 2.24) is 5.32 Å². The molecule has 0 aromatic heterocycles. The van der Waals surface area contributed by atoms with E-state index in [0.29, 0.717) is 4.75 Å². The minimum absolute atomic E-state index is 0.404. The van der Waals surface area contributed by atoms with Gasteiger partial charge in [-0.3, -0.25) is 0 Å². The van der Waals surface area contributed by atoms with E-state index in [2.05, 4.69) is 44.8 Å². The molecule has 1 unspecified atom stereocenters. The minimum Gasteiger partial charge on any atom is -0.313 e. The lowest BCUT2D eigenvalue weighted by Gasteiger charge is -2.32. The first-order valence-electron chi connectivity index (χ1n) is 7.40. The summed E-state index contributed by atoms with van der Waals surface area (Å²) in [6, 6.07) is 0.750. The molecule has 2 heteroatoms. The number of hydrogen-bond donors (Lipinski definition) is 1. The van der Waals surface area contributed by atoms with Crippen LogP contribution >= 0.6 is 11.8 Å². The fourth-order valence-corrected chi connectivity index (χ4v) is 3.64. The van der Waals surface area contributed by atoms with Crippen molar-refractivity contribution in [2.24, 2.45) is 5.92 Å². The SMILES string of the molecule is CCCNC(CSC(C)(C)C)C1CCCCC1. The van der Waals surface area contributed by atoms with Crippen LogP contribution in [0.25, 0.3) is 0 Å². The summed E-state index contributed by atoms with van der Waals surface area (Å²) in [6.45, 7) is 10.4. The minimum atomic E-state index is 0.404. The van der Waals surface area contributed by atoms with E-state index in [1.165, 1.54) is 50.8 Å². The Kier molecular flexibility index (Phi) is 6.94. The molecule has 0 aliphatic heterocycles. The molecular formula is C15H31NS. The highest BCUT2D eigenvalue weighted by molar-refractivity contribution is 8.00. The van der Waals surface area contributed by atoms with E-state index in [9.17, 15) is 0 Å². The maximum Gasteiger partial charge on any atom is 0.0186 e. The van der Waals surface area contributed by atoms with Gasteiger partial charge in [-0.15, -0.1) is 0 Å². The second-order valence-electron chi connectivity index (χ2n) is 6.38. The van der Waals surface area contributed by atoms with Crippen LogP contribution in [-0.4, -0.2) is 23.1 Å². The predicted octanol–water partition coefficient (Wildman–Crippen LogP) is 4.47. The molecule has 1 saturated carbocycles. The van der Waals surface area contributed by atoms with Gasteiger partial charge in [-0.25, -0.2) is 0 Å². The molecule has 0 bridgehead atoms. The summed E-state index contributed by atoms with van der Waals surface area (Å²) in [7, 11) is 0. The Morgan fingerprint density at radius 3 is 2.35 bits per heavy atom. The molecule has 1 nitrogen and oxygen atoms in total. The monoisotopic (exact) mass is 257 g/mol. The normalized spacial score (nSPS) is 20.5. The van der Waals surface area contributed by atoms with E-state index in [4.69, 9.17) is 0 Å². The quantitative estimate of drug-likeness (QED) is 0.753. The van der Waals surface area contributed by atoms with E-state index in [-0.39, 0.29) is 0 Å². The van der Waals surface area contributed by atoms with Gasteiger partial charge in [-0.1, -0.05) is 47.0 Å². The zero-order valence-corrected chi connectivity index (χ0v) is 13.0. The Morgan fingerprint density at radius 2 is 1.82 bits per heavy atom. The lowest BCUT2D eigenvalue weighted by molar-refractivity contribution is 0.285. The fraction of sp³-hybridized carbons (Fsp3) is 1.00. The largest absolute Gasteiger partial charge is 0.313 e. The number of rotatable bonds is 6. The molecule has 1 fully saturated rings. The Hall–Kier alpha value is 0.310. The van der Waals surface area contributed by atoms with Crippen molar-refractivity contribution in [3.8, 4) is 0 Å². The highest BCUT2D eigenvalue weighted by Gasteiger charge is 2.24. The van der Waals surface area contributed by atoms with Crippen LogP contribution in [-0.2, 0) is 0 Å². The molecule has 17 heavy (non-hydrogen) atoms. The Morgan fingerprint density at radius 1 is 1.18 bits per heavy atom. The van der Waals surface area contributed by atoms with Crippen molar-refractivity contribution in [3.63, 3.8) is 0 Å². The average Bonchev–Trinajstić information content (AvgIpc) is 2.29. The third-order valence-electron chi connectivity index (χ3n) is 3.57. The molecule has 1 atom stereocenters. The number of thioether (sulfide) groups is 1. The van der Waals surface area contributed by atoms with Crippen LogP contribution in [0, 0.1) is 5.92 Å². The Balaban J connectivity index is 2.40.